The molecule has 0 spiro atoms. The summed E-state index contributed by atoms with van der Waals surface area (Å²) in [5, 5.41) is 7.21. The predicted molar refractivity (Wildman–Crippen MR) is 182 cm³/mol. The Balaban J connectivity index is 1.43. The van der Waals surface area contributed by atoms with E-state index in [4.69, 9.17) is 0 Å². The van der Waals surface area contributed by atoms with Gasteiger partial charge >= 0.3 is 0 Å². The highest BCUT2D eigenvalue weighted by Crippen LogP contribution is 2.55. The van der Waals surface area contributed by atoms with Crippen LogP contribution in [0, 0.1) is 0 Å². The average molecular weight is 568 g/mol. The maximum absolute atomic E-state index is 15.8. The molecule has 1 aliphatic rings. The lowest BCUT2D eigenvalue weighted by atomic mass is 10.00. The second kappa shape index (κ2) is 9.16. The number of fused-ring (bicyclic) bond motifs is 8. The number of hydrogen-bond acceptors (Lipinski definition) is 1. The van der Waals surface area contributed by atoms with E-state index < -0.39 is 7.14 Å². The van der Waals surface area contributed by atoms with Gasteiger partial charge in [0.25, 0.3) is 0 Å². The van der Waals surface area contributed by atoms with Gasteiger partial charge in [-0.15, -0.1) is 0 Å². The van der Waals surface area contributed by atoms with Crippen LogP contribution in [0.3, 0.4) is 0 Å². The SMILES string of the molecule is O=P1(c2ccccc2)c2cc3c4ccccc4n(-c4ccccc4-c4ccccc4)c3cc2-c2ccc3ccccc3c21. The lowest BCUT2D eigenvalue weighted by molar-refractivity contribution is 0.593. The average Bonchev–Trinajstić information content (AvgIpc) is 3.54. The standard InChI is InChI=1S/C40H26NOP/c42-43(29-16-5-2-6-17-29)39-26-34-32-20-10-12-22-37(32)41(36-21-11-9-18-30(36)27-13-3-1-4-14-27)38(34)25-35(39)33-24-23-28-15-7-8-19-31(28)40(33)43/h1-26H. The topological polar surface area (TPSA) is 22.0 Å². The molecule has 7 aromatic carbocycles. The number of benzene rings is 7. The monoisotopic (exact) mass is 567 g/mol. The van der Waals surface area contributed by atoms with Crippen molar-refractivity contribution in [2.24, 2.45) is 0 Å². The summed E-state index contributed by atoms with van der Waals surface area (Å²) in [5.74, 6) is 0. The molecule has 202 valence electrons. The van der Waals surface area contributed by atoms with Crippen LogP contribution in [0.2, 0.25) is 0 Å². The van der Waals surface area contributed by atoms with Gasteiger partial charge in [0.2, 0.25) is 0 Å². The van der Waals surface area contributed by atoms with Crippen molar-refractivity contribution in [2.45, 2.75) is 0 Å². The fourth-order valence-electron chi connectivity index (χ4n) is 7.11. The first-order chi connectivity index (χ1) is 21.2. The molecular formula is C40H26NOP. The van der Waals surface area contributed by atoms with Gasteiger partial charge in [0.05, 0.1) is 16.7 Å². The molecule has 1 aliphatic heterocycles. The van der Waals surface area contributed by atoms with Gasteiger partial charge < -0.3 is 9.13 Å². The summed E-state index contributed by atoms with van der Waals surface area (Å²) in [7, 11) is -3.16. The Morgan fingerprint density at radius 1 is 0.465 bits per heavy atom. The second-order valence-corrected chi connectivity index (χ2v) is 13.9. The van der Waals surface area contributed by atoms with E-state index in [2.05, 4.69) is 132 Å². The van der Waals surface area contributed by atoms with Gasteiger partial charge in [0.15, 0.2) is 7.14 Å². The highest BCUT2D eigenvalue weighted by Gasteiger charge is 2.42. The minimum absolute atomic E-state index is 0.879. The van der Waals surface area contributed by atoms with Gasteiger partial charge in [-0.05, 0) is 51.7 Å². The maximum atomic E-state index is 15.8. The third-order valence-electron chi connectivity index (χ3n) is 8.98. The Kier molecular flexibility index (Phi) is 5.21. The molecule has 0 amide bonds. The molecule has 1 unspecified atom stereocenters. The zero-order valence-electron chi connectivity index (χ0n) is 23.3. The fraction of sp³-hybridized carbons (Fsp3) is 0. The van der Waals surface area contributed by atoms with Crippen LogP contribution in [0.15, 0.2) is 158 Å². The highest BCUT2D eigenvalue weighted by atomic mass is 31.2. The number of nitrogens with zero attached hydrogens (tertiary/aromatic N) is 1. The normalized spacial score (nSPS) is 15.6. The van der Waals surface area contributed by atoms with Gasteiger partial charge in [0.1, 0.15) is 0 Å². The number of para-hydroxylation sites is 2. The molecule has 1 aromatic heterocycles. The molecule has 0 bridgehead atoms. The fourth-order valence-corrected chi connectivity index (χ4v) is 10.4. The molecule has 0 radical (unpaired) electrons. The third-order valence-corrected chi connectivity index (χ3v) is 12.2. The van der Waals surface area contributed by atoms with E-state index in [-0.39, 0.29) is 0 Å². The van der Waals surface area contributed by atoms with Crippen LogP contribution in [0.1, 0.15) is 0 Å². The summed E-state index contributed by atoms with van der Waals surface area (Å²) in [4.78, 5) is 0. The van der Waals surface area contributed by atoms with Crippen LogP contribution in [-0.2, 0) is 4.57 Å². The van der Waals surface area contributed by atoms with Crippen LogP contribution >= 0.6 is 7.14 Å². The summed E-state index contributed by atoms with van der Waals surface area (Å²) in [6.45, 7) is 0. The molecule has 43 heavy (non-hydrogen) atoms. The molecule has 0 aliphatic carbocycles. The maximum Gasteiger partial charge on any atom is 0.172 e. The number of rotatable bonds is 3. The molecule has 8 aromatic rings. The van der Waals surface area contributed by atoms with E-state index in [1.165, 1.54) is 11.1 Å². The van der Waals surface area contributed by atoms with E-state index in [1.807, 2.05) is 30.3 Å². The minimum Gasteiger partial charge on any atom is -0.309 e. The molecule has 3 heteroatoms. The summed E-state index contributed by atoms with van der Waals surface area (Å²) in [6.07, 6.45) is 0. The Hall–Kier alpha value is -5.17. The molecule has 2 heterocycles. The van der Waals surface area contributed by atoms with Crippen molar-refractivity contribution in [1.29, 1.82) is 0 Å². The second-order valence-electron chi connectivity index (χ2n) is 11.2. The van der Waals surface area contributed by atoms with Crippen molar-refractivity contribution in [1.82, 2.24) is 4.57 Å². The van der Waals surface area contributed by atoms with Crippen molar-refractivity contribution in [3.8, 4) is 27.9 Å². The van der Waals surface area contributed by atoms with Crippen LogP contribution < -0.4 is 15.9 Å². The molecule has 0 fully saturated rings. The Labute approximate surface area is 249 Å². The van der Waals surface area contributed by atoms with Gasteiger partial charge in [-0.1, -0.05) is 133 Å². The van der Waals surface area contributed by atoms with Crippen molar-refractivity contribution in [3.63, 3.8) is 0 Å². The quantitative estimate of drug-likeness (QED) is 0.195. The van der Waals surface area contributed by atoms with Crippen molar-refractivity contribution >= 4 is 55.6 Å². The largest absolute Gasteiger partial charge is 0.309 e. The molecule has 1 atom stereocenters. The zero-order chi connectivity index (χ0) is 28.5. The van der Waals surface area contributed by atoms with E-state index in [0.717, 1.165) is 65.3 Å². The van der Waals surface area contributed by atoms with E-state index >= 15 is 4.57 Å². The lowest BCUT2D eigenvalue weighted by Gasteiger charge is -2.18. The van der Waals surface area contributed by atoms with Gasteiger partial charge in [-0.3, -0.25) is 0 Å². The van der Waals surface area contributed by atoms with Gasteiger partial charge in [-0.25, -0.2) is 0 Å². The Bertz CT molecular complexity index is 2420. The first-order valence-electron chi connectivity index (χ1n) is 14.6. The Morgan fingerprint density at radius 2 is 1.14 bits per heavy atom. The molecule has 9 rings (SSSR count). The Morgan fingerprint density at radius 3 is 1.98 bits per heavy atom. The van der Waals surface area contributed by atoms with Crippen LogP contribution in [0.25, 0.3) is 60.5 Å². The third kappa shape index (κ3) is 3.39. The van der Waals surface area contributed by atoms with Crippen LogP contribution in [0.5, 0.6) is 0 Å². The highest BCUT2D eigenvalue weighted by molar-refractivity contribution is 7.86. The van der Waals surface area contributed by atoms with Crippen molar-refractivity contribution in [2.75, 3.05) is 0 Å². The summed E-state index contributed by atoms with van der Waals surface area (Å²) in [5.41, 5.74) is 7.85. The lowest BCUT2D eigenvalue weighted by Crippen LogP contribution is -2.21. The van der Waals surface area contributed by atoms with Gasteiger partial charge in [-0.2, -0.15) is 0 Å². The molecule has 0 saturated carbocycles. The van der Waals surface area contributed by atoms with Crippen molar-refractivity contribution in [3.05, 3.63) is 158 Å². The van der Waals surface area contributed by atoms with Crippen molar-refractivity contribution < 1.29 is 4.57 Å². The molecule has 0 N–H and O–H groups in total. The van der Waals surface area contributed by atoms with E-state index in [0.29, 0.717) is 0 Å². The molecular weight excluding hydrogens is 541 g/mol. The molecule has 0 saturated heterocycles. The van der Waals surface area contributed by atoms with E-state index in [1.54, 1.807) is 0 Å². The summed E-state index contributed by atoms with van der Waals surface area (Å²) < 4.78 is 18.2. The van der Waals surface area contributed by atoms with Crippen LogP contribution in [0.4, 0.5) is 0 Å². The zero-order valence-corrected chi connectivity index (χ0v) is 24.2. The number of hydrogen-bond donors (Lipinski definition) is 0. The predicted octanol–water partition coefficient (Wildman–Crippen LogP) is 9.22. The van der Waals surface area contributed by atoms with Crippen LogP contribution in [-0.4, -0.2) is 4.57 Å². The minimum atomic E-state index is -3.16. The first-order valence-corrected chi connectivity index (χ1v) is 16.3. The summed E-state index contributed by atoms with van der Waals surface area (Å²) >= 11 is 0. The summed E-state index contributed by atoms with van der Waals surface area (Å²) in [6, 6.07) is 55.1. The first kappa shape index (κ1) is 24.4. The number of aromatic nitrogens is 1. The van der Waals surface area contributed by atoms with Gasteiger partial charge in [0, 0.05) is 32.2 Å². The molecule has 2 nitrogen and oxygen atoms in total. The van der Waals surface area contributed by atoms with E-state index in [9.17, 15) is 0 Å². The smallest absolute Gasteiger partial charge is 0.172 e.